The third kappa shape index (κ3) is 9.03. The van der Waals surface area contributed by atoms with Gasteiger partial charge in [-0.2, -0.15) is 0 Å². The molecule has 30 heavy (non-hydrogen) atoms. The van der Waals surface area contributed by atoms with Crippen LogP contribution in [0.1, 0.15) is 33.6 Å². The summed E-state index contributed by atoms with van der Waals surface area (Å²) in [6, 6.07) is 5.90. The van der Waals surface area contributed by atoms with Crippen molar-refractivity contribution in [3.63, 3.8) is 0 Å². The van der Waals surface area contributed by atoms with Gasteiger partial charge in [-0.25, -0.2) is 4.39 Å². The molecule has 1 aliphatic heterocycles. The Morgan fingerprint density at radius 2 is 1.93 bits per heavy atom. The van der Waals surface area contributed by atoms with Crippen LogP contribution in [0.5, 0.6) is 5.75 Å². The summed E-state index contributed by atoms with van der Waals surface area (Å²) >= 11 is 0. The zero-order valence-electron chi connectivity index (χ0n) is 17.9. The fraction of sp³-hybridized carbons (Fsp3) is 0.619. The summed E-state index contributed by atoms with van der Waals surface area (Å²) in [7, 11) is 0. The molecule has 2 rings (SSSR count). The van der Waals surface area contributed by atoms with Gasteiger partial charge in [-0.15, -0.1) is 24.0 Å². The maximum absolute atomic E-state index is 12.9. The topological polar surface area (TPSA) is 86.2 Å². The normalized spacial score (nSPS) is 16.1. The van der Waals surface area contributed by atoms with Gasteiger partial charge in [0.2, 0.25) is 5.91 Å². The summed E-state index contributed by atoms with van der Waals surface area (Å²) in [6.45, 7) is 8.27. The number of carbonyl (C=O) groups is 1. The average molecular weight is 536 g/mol. The molecule has 7 nitrogen and oxygen atoms in total. The van der Waals surface area contributed by atoms with E-state index in [0.717, 1.165) is 25.9 Å². The SMILES string of the molecule is CCNC(=NCC(O)COc1ccc(F)cc1)NC1CCN(C(=O)C(C)C)CC1.I. The van der Waals surface area contributed by atoms with Gasteiger partial charge in [-0.3, -0.25) is 9.79 Å². The Kier molecular flexibility index (Phi) is 12.0. The van der Waals surface area contributed by atoms with Crippen molar-refractivity contribution in [1.29, 1.82) is 0 Å². The number of aliphatic hydroxyl groups excluding tert-OH is 1. The van der Waals surface area contributed by atoms with E-state index in [1.54, 1.807) is 0 Å². The number of nitrogens with one attached hydrogen (secondary N) is 2. The molecule has 1 amide bonds. The van der Waals surface area contributed by atoms with Gasteiger partial charge >= 0.3 is 0 Å². The maximum atomic E-state index is 12.9. The van der Waals surface area contributed by atoms with Crippen LogP contribution < -0.4 is 15.4 Å². The van der Waals surface area contributed by atoms with E-state index < -0.39 is 6.10 Å². The van der Waals surface area contributed by atoms with Crippen molar-refractivity contribution in [1.82, 2.24) is 15.5 Å². The highest BCUT2D eigenvalue weighted by molar-refractivity contribution is 14.0. The zero-order valence-corrected chi connectivity index (χ0v) is 20.3. The third-order valence-corrected chi connectivity index (χ3v) is 4.70. The monoisotopic (exact) mass is 536 g/mol. The Morgan fingerprint density at radius 1 is 1.30 bits per heavy atom. The second-order valence-corrected chi connectivity index (χ2v) is 7.54. The van der Waals surface area contributed by atoms with Crippen molar-refractivity contribution in [2.75, 3.05) is 32.8 Å². The number of aliphatic hydroxyl groups is 1. The Labute approximate surface area is 195 Å². The van der Waals surface area contributed by atoms with E-state index in [4.69, 9.17) is 4.74 Å². The number of hydrogen-bond acceptors (Lipinski definition) is 4. The highest BCUT2D eigenvalue weighted by Gasteiger charge is 2.24. The van der Waals surface area contributed by atoms with Gasteiger partial charge in [0.15, 0.2) is 5.96 Å². The van der Waals surface area contributed by atoms with Crippen LogP contribution in [-0.4, -0.2) is 66.8 Å². The first-order valence-corrected chi connectivity index (χ1v) is 10.3. The molecular weight excluding hydrogens is 502 g/mol. The number of carbonyl (C=O) groups excluding carboxylic acids is 1. The second-order valence-electron chi connectivity index (χ2n) is 7.54. The van der Waals surface area contributed by atoms with Gasteiger partial charge in [0.05, 0.1) is 6.54 Å². The minimum Gasteiger partial charge on any atom is -0.491 e. The summed E-state index contributed by atoms with van der Waals surface area (Å²) in [5, 5.41) is 16.7. The lowest BCUT2D eigenvalue weighted by atomic mass is 10.0. The molecule has 0 spiro atoms. The molecular formula is C21H34FIN4O3. The van der Waals surface area contributed by atoms with Crippen LogP contribution in [0.3, 0.4) is 0 Å². The number of amides is 1. The molecule has 9 heteroatoms. The second kappa shape index (κ2) is 13.6. The Bertz CT molecular complexity index is 665. The molecule has 3 N–H and O–H groups in total. The van der Waals surface area contributed by atoms with Crippen molar-refractivity contribution < 1.29 is 19.0 Å². The first-order chi connectivity index (χ1) is 13.9. The molecule has 1 atom stereocenters. The summed E-state index contributed by atoms with van der Waals surface area (Å²) in [4.78, 5) is 18.5. The summed E-state index contributed by atoms with van der Waals surface area (Å²) in [5.74, 6) is 1.04. The summed E-state index contributed by atoms with van der Waals surface area (Å²) in [5.41, 5.74) is 0. The largest absolute Gasteiger partial charge is 0.491 e. The van der Waals surface area contributed by atoms with E-state index in [1.165, 1.54) is 24.3 Å². The molecule has 0 radical (unpaired) electrons. The average Bonchev–Trinajstić information content (AvgIpc) is 2.71. The first kappa shape index (κ1) is 26.4. The number of guanidine groups is 1. The van der Waals surface area contributed by atoms with Gasteiger partial charge in [-0.05, 0) is 44.0 Å². The zero-order chi connectivity index (χ0) is 21.2. The number of benzene rings is 1. The quantitative estimate of drug-likeness (QED) is 0.270. The van der Waals surface area contributed by atoms with Crippen LogP contribution in [0, 0.1) is 11.7 Å². The number of halogens is 2. The minimum atomic E-state index is -0.777. The summed E-state index contributed by atoms with van der Waals surface area (Å²) < 4.78 is 18.4. The van der Waals surface area contributed by atoms with Crippen molar-refractivity contribution in [2.45, 2.75) is 45.8 Å². The lowest BCUT2D eigenvalue weighted by Crippen LogP contribution is -2.50. The Balaban J connectivity index is 0.00000450. The molecule has 1 aromatic rings. The van der Waals surface area contributed by atoms with Crippen LogP contribution in [0.25, 0.3) is 0 Å². The van der Waals surface area contributed by atoms with E-state index in [2.05, 4.69) is 15.6 Å². The van der Waals surface area contributed by atoms with Gasteiger partial charge in [-0.1, -0.05) is 13.8 Å². The van der Waals surface area contributed by atoms with Crippen molar-refractivity contribution in [2.24, 2.45) is 10.9 Å². The molecule has 1 heterocycles. The minimum absolute atomic E-state index is 0. The van der Waals surface area contributed by atoms with Crippen molar-refractivity contribution >= 4 is 35.8 Å². The number of hydrogen-bond donors (Lipinski definition) is 3. The smallest absolute Gasteiger partial charge is 0.225 e. The van der Waals surface area contributed by atoms with Gasteiger partial charge in [0.1, 0.15) is 24.3 Å². The first-order valence-electron chi connectivity index (χ1n) is 10.3. The van der Waals surface area contributed by atoms with Crippen molar-refractivity contribution in [3.8, 4) is 5.75 Å². The Hall–Kier alpha value is -1.62. The molecule has 1 unspecified atom stereocenters. The van der Waals surface area contributed by atoms with E-state index in [-0.39, 0.29) is 60.8 Å². The van der Waals surface area contributed by atoms with Gasteiger partial charge < -0.3 is 25.4 Å². The lowest BCUT2D eigenvalue weighted by Gasteiger charge is -2.34. The van der Waals surface area contributed by atoms with E-state index in [9.17, 15) is 14.3 Å². The fourth-order valence-corrected chi connectivity index (χ4v) is 3.10. The number of ether oxygens (including phenoxy) is 1. The predicted octanol–water partition coefficient (Wildman–Crippen LogP) is 2.39. The van der Waals surface area contributed by atoms with Crippen LogP contribution in [0.4, 0.5) is 4.39 Å². The highest BCUT2D eigenvalue weighted by Crippen LogP contribution is 2.13. The number of nitrogens with zero attached hydrogens (tertiary/aromatic N) is 2. The fourth-order valence-electron chi connectivity index (χ4n) is 3.10. The lowest BCUT2D eigenvalue weighted by molar-refractivity contribution is -0.135. The molecule has 1 saturated heterocycles. The molecule has 0 aromatic heterocycles. The Morgan fingerprint density at radius 3 is 2.50 bits per heavy atom. The molecule has 1 fully saturated rings. The number of aliphatic imine (C=N–C) groups is 1. The van der Waals surface area contributed by atoms with Crippen LogP contribution >= 0.6 is 24.0 Å². The summed E-state index contributed by atoms with van der Waals surface area (Å²) in [6.07, 6.45) is 0.944. The maximum Gasteiger partial charge on any atom is 0.225 e. The predicted molar refractivity (Wildman–Crippen MR) is 127 cm³/mol. The third-order valence-electron chi connectivity index (χ3n) is 4.70. The molecule has 170 valence electrons. The van der Waals surface area contributed by atoms with E-state index >= 15 is 0 Å². The molecule has 1 aromatic carbocycles. The van der Waals surface area contributed by atoms with E-state index in [0.29, 0.717) is 18.3 Å². The van der Waals surface area contributed by atoms with Crippen molar-refractivity contribution in [3.05, 3.63) is 30.1 Å². The molecule has 0 saturated carbocycles. The number of piperidine rings is 1. The van der Waals surface area contributed by atoms with Gasteiger partial charge in [0.25, 0.3) is 0 Å². The van der Waals surface area contributed by atoms with Crippen LogP contribution in [0.2, 0.25) is 0 Å². The van der Waals surface area contributed by atoms with E-state index in [1.807, 2.05) is 25.7 Å². The van der Waals surface area contributed by atoms with Gasteiger partial charge in [0, 0.05) is 31.6 Å². The molecule has 1 aliphatic rings. The number of likely N-dealkylation sites (tertiary alicyclic amines) is 1. The molecule has 0 aliphatic carbocycles. The van der Waals surface area contributed by atoms with Crippen LogP contribution in [-0.2, 0) is 4.79 Å². The van der Waals surface area contributed by atoms with Crippen LogP contribution in [0.15, 0.2) is 29.3 Å². The molecule has 0 bridgehead atoms. The standard InChI is InChI=1S/C21H33FN4O3.HI/c1-4-23-21(25-17-9-11-26(12-10-17)20(28)15(2)3)24-13-18(27)14-29-19-7-5-16(22)6-8-19;/h5-8,15,17-18,27H,4,9-14H2,1-3H3,(H2,23,24,25);1H. The highest BCUT2D eigenvalue weighted by atomic mass is 127. The number of rotatable bonds is 8.